The summed E-state index contributed by atoms with van der Waals surface area (Å²) >= 11 is 0. The van der Waals surface area contributed by atoms with E-state index in [4.69, 9.17) is 9.47 Å². The van der Waals surface area contributed by atoms with Gasteiger partial charge in [-0.3, -0.25) is 0 Å². The summed E-state index contributed by atoms with van der Waals surface area (Å²) in [6, 6.07) is 3.41. The molecular weight excluding hydrogens is 441 g/mol. The number of likely N-dealkylation sites (tertiary alicyclic amines) is 1. The molecule has 0 aliphatic carbocycles. The molecule has 0 bridgehead atoms. The lowest BCUT2D eigenvalue weighted by molar-refractivity contribution is -0.109. The lowest BCUT2D eigenvalue weighted by atomic mass is 10.1. The van der Waals surface area contributed by atoms with Gasteiger partial charge in [0.15, 0.2) is 21.4 Å². The molecule has 1 aromatic carbocycles. The first-order valence-corrected chi connectivity index (χ1v) is 12.1. The standard InChI is InChI=1S/C21H26FN3O6S/c1-14-20(30-16-5-8-25(9-6-16)12-15(27)7-10-26)23-13-24-21(14)31-19-4-3-17(11-18(19)22)32(2,28)29/h3-4,10-11,13,15-16,27H,5-9,12H2,1-2H3/t15-/m0/s1. The number of nitrogens with zero attached hydrogens (tertiary/aromatic N) is 3. The summed E-state index contributed by atoms with van der Waals surface area (Å²) < 4.78 is 49.0. The van der Waals surface area contributed by atoms with Gasteiger partial charge in [0.1, 0.15) is 18.7 Å². The minimum atomic E-state index is -3.53. The van der Waals surface area contributed by atoms with Crippen molar-refractivity contribution in [2.45, 2.75) is 43.3 Å². The number of β-amino-alcohol motifs (C(OH)–C–C–N with tert-alkyl or cyclic N) is 1. The molecule has 1 N–H and O–H groups in total. The van der Waals surface area contributed by atoms with Crippen LogP contribution in [0.3, 0.4) is 0 Å². The number of sulfone groups is 1. The smallest absolute Gasteiger partial charge is 0.229 e. The van der Waals surface area contributed by atoms with Crippen LogP contribution in [0.4, 0.5) is 4.39 Å². The Bertz CT molecular complexity index is 1060. The zero-order chi connectivity index (χ0) is 23.3. The third-order valence-electron chi connectivity index (χ3n) is 5.18. The molecule has 1 aromatic heterocycles. The van der Waals surface area contributed by atoms with E-state index in [1.165, 1.54) is 18.5 Å². The number of ether oxygens (including phenoxy) is 2. The number of aliphatic hydroxyl groups is 1. The van der Waals surface area contributed by atoms with E-state index >= 15 is 0 Å². The fourth-order valence-corrected chi connectivity index (χ4v) is 4.02. The Morgan fingerprint density at radius 1 is 1.28 bits per heavy atom. The van der Waals surface area contributed by atoms with Crippen molar-refractivity contribution in [1.29, 1.82) is 0 Å². The van der Waals surface area contributed by atoms with Crippen LogP contribution >= 0.6 is 0 Å². The molecule has 1 fully saturated rings. The number of hydrogen-bond acceptors (Lipinski definition) is 9. The van der Waals surface area contributed by atoms with Crippen molar-refractivity contribution < 1.29 is 32.2 Å². The highest BCUT2D eigenvalue weighted by molar-refractivity contribution is 7.90. The summed E-state index contributed by atoms with van der Waals surface area (Å²) in [4.78, 5) is 20.6. The SMILES string of the molecule is Cc1c(Oc2ccc(S(C)(=O)=O)cc2F)ncnc1OC1CCN(C[C@@H](O)CC=O)CC1. The lowest BCUT2D eigenvalue weighted by Crippen LogP contribution is -2.42. The Hall–Kier alpha value is -2.63. The molecule has 0 spiro atoms. The van der Waals surface area contributed by atoms with E-state index in [1.807, 2.05) is 0 Å². The number of rotatable bonds is 9. The Morgan fingerprint density at radius 2 is 1.97 bits per heavy atom. The number of aldehydes is 1. The van der Waals surface area contributed by atoms with Gasteiger partial charge in [-0.15, -0.1) is 0 Å². The van der Waals surface area contributed by atoms with Crippen LogP contribution in [-0.2, 0) is 14.6 Å². The van der Waals surface area contributed by atoms with Crippen LogP contribution in [-0.4, -0.2) is 72.8 Å². The molecule has 3 rings (SSSR count). The molecule has 2 heterocycles. The highest BCUT2D eigenvalue weighted by Crippen LogP contribution is 2.31. The fourth-order valence-electron chi connectivity index (χ4n) is 3.39. The van der Waals surface area contributed by atoms with Crippen LogP contribution in [0.25, 0.3) is 0 Å². The first-order chi connectivity index (χ1) is 15.2. The van der Waals surface area contributed by atoms with Crippen molar-refractivity contribution in [3.63, 3.8) is 0 Å². The summed E-state index contributed by atoms with van der Waals surface area (Å²) in [5.41, 5.74) is 0.489. The van der Waals surface area contributed by atoms with Gasteiger partial charge < -0.3 is 24.3 Å². The summed E-state index contributed by atoms with van der Waals surface area (Å²) in [6.45, 7) is 3.57. The van der Waals surface area contributed by atoms with Crippen LogP contribution < -0.4 is 9.47 Å². The molecule has 0 saturated carbocycles. The second kappa shape index (κ2) is 10.3. The maximum Gasteiger partial charge on any atom is 0.229 e. The first kappa shape index (κ1) is 24.0. The van der Waals surface area contributed by atoms with Gasteiger partial charge in [0.2, 0.25) is 11.8 Å². The van der Waals surface area contributed by atoms with Gasteiger partial charge >= 0.3 is 0 Å². The van der Waals surface area contributed by atoms with Crippen LogP contribution in [0, 0.1) is 12.7 Å². The maximum atomic E-state index is 14.3. The van der Waals surface area contributed by atoms with Gasteiger partial charge in [0.25, 0.3) is 0 Å². The zero-order valence-electron chi connectivity index (χ0n) is 17.9. The summed E-state index contributed by atoms with van der Waals surface area (Å²) in [7, 11) is -3.53. The predicted molar refractivity (Wildman–Crippen MR) is 113 cm³/mol. The molecule has 32 heavy (non-hydrogen) atoms. The van der Waals surface area contributed by atoms with Crippen molar-refractivity contribution in [3.05, 3.63) is 35.9 Å². The molecule has 1 saturated heterocycles. The van der Waals surface area contributed by atoms with Crippen molar-refractivity contribution in [2.75, 3.05) is 25.9 Å². The summed E-state index contributed by atoms with van der Waals surface area (Å²) in [5, 5.41) is 9.77. The van der Waals surface area contributed by atoms with E-state index in [-0.39, 0.29) is 29.0 Å². The van der Waals surface area contributed by atoms with Crippen molar-refractivity contribution in [2.24, 2.45) is 0 Å². The number of aromatic nitrogens is 2. The molecular formula is C21H26FN3O6S. The van der Waals surface area contributed by atoms with Gasteiger partial charge in [-0.25, -0.2) is 22.8 Å². The lowest BCUT2D eigenvalue weighted by Gasteiger charge is -2.33. The van der Waals surface area contributed by atoms with E-state index in [1.54, 1.807) is 6.92 Å². The number of benzene rings is 1. The van der Waals surface area contributed by atoms with E-state index < -0.39 is 21.8 Å². The molecule has 9 nitrogen and oxygen atoms in total. The zero-order valence-corrected chi connectivity index (χ0v) is 18.7. The van der Waals surface area contributed by atoms with Crippen LogP contribution in [0.1, 0.15) is 24.8 Å². The van der Waals surface area contributed by atoms with E-state index in [0.717, 1.165) is 25.2 Å². The van der Waals surface area contributed by atoms with Crippen molar-refractivity contribution in [1.82, 2.24) is 14.9 Å². The van der Waals surface area contributed by atoms with Gasteiger partial charge in [-0.1, -0.05) is 0 Å². The van der Waals surface area contributed by atoms with Gasteiger partial charge in [-0.2, -0.15) is 0 Å². The highest BCUT2D eigenvalue weighted by atomic mass is 32.2. The molecule has 1 aliphatic heterocycles. The topological polar surface area (TPSA) is 119 Å². The molecule has 1 atom stereocenters. The Morgan fingerprint density at radius 3 is 2.59 bits per heavy atom. The molecule has 0 unspecified atom stereocenters. The van der Waals surface area contributed by atoms with Gasteiger partial charge in [-0.05, 0) is 38.0 Å². The Balaban J connectivity index is 1.64. The molecule has 1 aliphatic rings. The van der Waals surface area contributed by atoms with Crippen molar-refractivity contribution >= 4 is 16.1 Å². The third kappa shape index (κ3) is 6.21. The van der Waals surface area contributed by atoms with E-state index in [0.29, 0.717) is 37.4 Å². The number of aliphatic hydroxyl groups excluding tert-OH is 1. The minimum absolute atomic E-state index is 0.0957. The minimum Gasteiger partial charge on any atom is -0.474 e. The second-order valence-electron chi connectivity index (χ2n) is 7.75. The van der Waals surface area contributed by atoms with Gasteiger partial charge in [0, 0.05) is 32.3 Å². The van der Waals surface area contributed by atoms with Gasteiger partial charge in [0.05, 0.1) is 16.6 Å². The predicted octanol–water partition coefficient (Wildman–Crippen LogP) is 1.91. The average Bonchev–Trinajstić information content (AvgIpc) is 2.73. The third-order valence-corrected chi connectivity index (χ3v) is 6.29. The van der Waals surface area contributed by atoms with Crippen LogP contribution in [0.5, 0.6) is 17.5 Å². The number of hydrogen-bond donors (Lipinski definition) is 1. The molecule has 2 aromatic rings. The van der Waals surface area contributed by atoms with Crippen molar-refractivity contribution in [3.8, 4) is 17.5 Å². The monoisotopic (exact) mass is 467 g/mol. The van der Waals surface area contributed by atoms with Crippen LogP contribution in [0.15, 0.2) is 29.4 Å². The maximum absolute atomic E-state index is 14.3. The quantitative estimate of drug-likeness (QED) is 0.552. The average molecular weight is 468 g/mol. The number of piperidine rings is 1. The largest absolute Gasteiger partial charge is 0.474 e. The highest BCUT2D eigenvalue weighted by Gasteiger charge is 2.24. The number of carbonyl (C=O) groups is 1. The first-order valence-electron chi connectivity index (χ1n) is 10.2. The fraction of sp³-hybridized carbons (Fsp3) is 0.476. The number of halogens is 1. The Kier molecular flexibility index (Phi) is 7.75. The molecule has 11 heteroatoms. The molecule has 174 valence electrons. The normalized spacial score (nSPS) is 16.5. The molecule has 0 amide bonds. The molecule has 0 radical (unpaired) electrons. The van der Waals surface area contributed by atoms with E-state index in [2.05, 4.69) is 14.9 Å². The van der Waals surface area contributed by atoms with Crippen LogP contribution in [0.2, 0.25) is 0 Å². The number of carbonyl (C=O) groups excluding carboxylic acids is 1. The van der Waals surface area contributed by atoms with E-state index in [9.17, 15) is 22.7 Å². The summed E-state index contributed by atoms with van der Waals surface area (Å²) in [6.07, 6.45) is 3.76. The summed E-state index contributed by atoms with van der Waals surface area (Å²) in [5.74, 6) is -0.553. The Labute approximate surface area is 186 Å². The second-order valence-corrected chi connectivity index (χ2v) is 9.77.